The molecule has 3 aromatic heterocycles. The molecule has 170 valence electrons. The Labute approximate surface area is 193 Å². The lowest BCUT2D eigenvalue weighted by Crippen LogP contribution is -2.44. The van der Waals surface area contributed by atoms with E-state index in [2.05, 4.69) is 44.0 Å². The normalized spacial score (nSPS) is 14.9. The minimum Gasteiger partial charge on any atom is -0.354 e. The molecule has 0 bridgehead atoms. The summed E-state index contributed by atoms with van der Waals surface area (Å²) >= 11 is 0. The molecule has 0 unspecified atom stereocenters. The monoisotopic (exact) mass is 444 g/mol. The Balaban J connectivity index is 1.53. The molecular formula is C24H28N8O. The SMILES string of the molecule is C=N/C(=C\c1nc(-c2ccn(C)n2)ccc1C)NC(=O)c1ccnc(N2CCN(C)CC2)c1. The van der Waals surface area contributed by atoms with Crippen LogP contribution in [0.2, 0.25) is 0 Å². The summed E-state index contributed by atoms with van der Waals surface area (Å²) in [7, 11) is 3.97. The first-order valence-corrected chi connectivity index (χ1v) is 10.8. The molecule has 0 aliphatic carbocycles. The number of nitrogens with one attached hydrogen (secondary N) is 1. The number of aliphatic imine (C=N–C) groups is 1. The number of amides is 1. The number of pyridine rings is 2. The van der Waals surface area contributed by atoms with Gasteiger partial charge in [-0.2, -0.15) is 5.10 Å². The topological polar surface area (TPSA) is 91.5 Å². The second kappa shape index (κ2) is 9.74. The molecule has 9 heteroatoms. The summed E-state index contributed by atoms with van der Waals surface area (Å²) in [6.45, 7) is 9.26. The van der Waals surface area contributed by atoms with Crippen LogP contribution in [0.15, 0.2) is 53.5 Å². The summed E-state index contributed by atoms with van der Waals surface area (Å²) in [5.41, 5.74) is 3.67. The van der Waals surface area contributed by atoms with Crippen LogP contribution in [0, 0.1) is 6.92 Å². The van der Waals surface area contributed by atoms with E-state index in [9.17, 15) is 4.79 Å². The van der Waals surface area contributed by atoms with Gasteiger partial charge in [-0.1, -0.05) is 6.07 Å². The number of hydrogen-bond acceptors (Lipinski definition) is 7. The van der Waals surface area contributed by atoms with Gasteiger partial charge in [0.05, 0.1) is 11.4 Å². The lowest BCUT2D eigenvalue weighted by molar-refractivity contribution is 0.0966. The van der Waals surface area contributed by atoms with E-state index in [0.717, 1.165) is 48.9 Å². The van der Waals surface area contributed by atoms with Crippen molar-refractivity contribution in [3.63, 3.8) is 0 Å². The average molecular weight is 445 g/mol. The molecule has 4 rings (SSSR count). The van der Waals surface area contributed by atoms with E-state index >= 15 is 0 Å². The fourth-order valence-corrected chi connectivity index (χ4v) is 3.59. The van der Waals surface area contributed by atoms with Crippen molar-refractivity contribution in [1.82, 2.24) is 30.0 Å². The lowest BCUT2D eigenvalue weighted by atomic mass is 10.1. The molecule has 0 saturated carbocycles. The zero-order valence-electron chi connectivity index (χ0n) is 19.2. The highest BCUT2D eigenvalue weighted by Gasteiger charge is 2.17. The molecule has 1 fully saturated rings. The molecule has 9 nitrogen and oxygen atoms in total. The second-order valence-electron chi connectivity index (χ2n) is 8.11. The molecule has 0 spiro atoms. The van der Waals surface area contributed by atoms with Gasteiger partial charge in [-0.05, 0) is 50.5 Å². The Bertz CT molecular complexity index is 1190. The molecule has 1 N–H and O–H groups in total. The van der Waals surface area contributed by atoms with Crippen molar-refractivity contribution < 1.29 is 4.79 Å². The average Bonchev–Trinajstić information content (AvgIpc) is 3.26. The number of rotatable bonds is 6. The molecule has 1 amide bonds. The molecule has 1 saturated heterocycles. The van der Waals surface area contributed by atoms with E-state index in [-0.39, 0.29) is 5.91 Å². The third-order valence-electron chi connectivity index (χ3n) is 5.63. The number of carbonyl (C=O) groups is 1. The summed E-state index contributed by atoms with van der Waals surface area (Å²) in [6, 6.07) is 9.30. The van der Waals surface area contributed by atoms with Gasteiger partial charge in [-0.15, -0.1) is 0 Å². The van der Waals surface area contributed by atoms with Crippen LogP contribution in [0.5, 0.6) is 0 Å². The Morgan fingerprint density at radius 3 is 2.61 bits per heavy atom. The molecule has 1 aliphatic rings. The van der Waals surface area contributed by atoms with Crippen LogP contribution in [0.25, 0.3) is 17.5 Å². The zero-order valence-corrected chi connectivity index (χ0v) is 19.2. The zero-order chi connectivity index (χ0) is 23.4. The van der Waals surface area contributed by atoms with Crippen LogP contribution < -0.4 is 10.2 Å². The van der Waals surface area contributed by atoms with E-state index in [1.165, 1.54) is 0 Å². The van der Waals surface area contributed by atoms with Gasteiger partial charge in [0.15, 0.2) is 0 Å². The number of likely N-dealkylation sites (N-methyl/N-ethyl adjacent to an activating group) is 1. The van der Waals surface area contributed by atoms with E-state index in [0.29, 0.717) is 17.1 Å². The first-order valence-electron chi connectivity index (χ1n) is 10.8. The predicted octanol–water partition coefficient (Wildman–Crippen LogP) is 2.37. The molecule has 4 heterocycles. The number of aromatic nitrogens is 4. The van der Waals surface area contributed by atoms with Crippen LogP contribution in [-0.4, -0.2) is 70.5 Å². The van der Waals surface area contributed by atoms with Gasteiger partial charge in [0.2, 0.25) is 0 Å². The van der Waals surface area contributed by atoms with Crippen molar-refractivity contribution in [1.29, 1.82) is 0 Å². The Morgan fingerprint density at radius 2 is 1.91 bits per heavy atom. The highest BCUT2D eigenvalue weighted by molar-refractivity contribution is 5.96. The molecule has 0 atom stereocenters. The number of anilines is 1. The van der Waals surface area contributed by atoms with Crippen LogP contribution in [0.4, 0.5) is 5.82 Å². The number of nitrogens with zero attached hydrogens (tertiary/aromatic N) is 7. The molecular weight excluding hydrogens is 416 g/mol. The second-order valence-corrected chi connectivity index (χ2v) is 8.11. The fourth-order valence-electron chi connectivity index (χ4n) is 3.59. The van der Waals surface area contributed by atoms with Gasteiger partial charge in [0, 0.05) is 57.3 Å². The van der Waals surface area contributed by atoms with Gasteiger partial charge in [0.25, 0.3) is 5.91 Å². The first kappa shape index (κ1) is 22.3. The smallest absolute Gasteiger partial charge is 0.257 e. The third-order valence-corrected chi connectivity index (χ3v) is 5.63. The standard InChI is InChI=1S/C24H28N8O/c1-17-5-6-19(20-8-10-31(4)29-20)27-21(17)16-22(25-2)28-24(33)18-7-9-26-23(15-18)32-13-11-30(3)12-14-32/h5-10,15-16H,2,11-14H2,1,3-4H3,(H,28,33)/b22-16+. The fraction of sp³-hybridized carbons (Fsp3) is 0.292. The van der Waals surface area contributed by atoms with Crippen LogP contribution in [-0.2, 0) is 7.05 Å². The molecule has 1 aliphatic heterocycles. The summed E-state index contributed by atoms with van der Waals surface area (Å²) in [5.74, 6) is 0.852. The van der Waals surface area contributed by atoms with Gasteiger partial charge in [-0.3, -0.25) is 9.48 Å². The van der Waals surface area contributed by atoms with E-state index in [4.69, 9.17) is 4.98 Å². The number of aryl methyl sites for hydroxylation is 2. The van der Waals surface area contributed by atoms with Gasteiger partial charge >= 0.3 is 0 Å². The van der Waals surface area contributed by atoms with Crippen molar-refractivity contribution in [3.8, 4) is 11.4 Å². The first-order chi connectivity index (χ1) is 15.9. The maximum atomic E-state index is 12.9. The maximum Gasteiger partial charge on any atom is 0.257 e. The summed E-state index contributed by atoms with van der Waals surface area (Å²) in [5, 5.41) is 7.24. The Morgan fingerprint density at radius 1 is 1.12 bits per heavy atom. The quantitative estimate of drug-likeness (QED) is 0.587. The van der Waals surface area contributed by atoms with Gasteiger partial charge < -0.3 is 15.1 Å². The van der Waals surface area contributed by atoms with Crippen molar-refractivity contribution in [3.05, 3.63) is 65.4 Å². The van der Waals surface area contributed by atoms with Crippen LogP contribution in [0.3, 0.4) is 0 Å². The largest absolute Gasteiger partial charge is 0.354 e. The van der Waals surface area contributed by atoms with Crippen LogP contribution in [0.1, 0.15) is 21.6 Å². The number of piperazine rings is 1. The van der Waals surface area contributed by atoms with Crippen LogP contribution >= 0.6 is 0 Å². The predicted molar refractivity (Wildman–Crippen MR) is 130 cm³/mol. The Hall–Kier alpha value is -3.85. The third kappa shape index (κ3) is 5.32. The lowest BCUT2D eigenvalue weighted by Gasteiger charge is -2.33. The Kier molecular flexibility index (Phi) is 6.60. The molecule has 0 radical (unpaired) electrons. The molecule has 33 heavy (non-hydrogen) atoms. The van der Waals surface area contributed by atoms with Crippen molar-refractivity contribution in [2.45, 2.75) is 6.92 Å². The van der Waals surface area contributed by atoms with Crippen molar-refractivity contribution in [2.24, 2.45) is 12.0 Å². The maximum absolute atomic E-state index is 12.9. The van der Waals surface area contributed by atoms with Crippen molar-refractivity contribution in [2.75, 3.05) is 38.1 Å². The molecule has 0 aromatic carbocycles. The minimum absolute atomic E-state index is 0.273. The van der Waals surface area contributed by atoms with E-state index < -0.39 is 0 Å². The summed E-state index contributed by atoms with van der Waals surface area (Å²) in [6.07, 6.45) is 5.25. The van der Waals surface area contributed by atoms with E-state index in [1.807, 2.05) is 44.4 Å². The number of hydrogen-bond donors (Lipinski definition) is 1. The minimum atomic E-state index is -0.273. The highest BCUT2D eigenvalue weighted by Crippen LogP contribution is 2.19. The van der Waals surface area contributed by atoms with E-state index in [1.54, 1.807) is 23.0 Å². The van der Waals surface area contributed by atoms with Crippen molar-refractivity contribution >= 4 is 24.5 Å². The summed E-state index contributed by atoms with van der Waals surface area (Å²) < 4.78 is 1.73. The number of carbonyl (C=O) groups excluding carboxylic acids is 1. The molecule has 3 aromatic rings. The van der Waals surface area contributed by atoms with Gasteiger partial charge in [0.1, 0.15) is 17.3 Å². The highest BCUT2D eigenvalue weighted by atomic mass is 16.1. The van der Waals surface area contributed by atoms with Gasteiger partial charge in [-0.25, -0.2) is 15.0 Å². The summed E-state index contributed by atoms with van der Waals surface area (Å²) in [4.78, 5) is 30.6.